The van der Waals surface area contributed by atoms with Gasteiger partial charge < -0.3 is 30.1 Å². The summed E-state index contributed by atoms with van der Waals surface area (Å²) in [5.74, 6) is -1.10. The molecule has 0 saturated carbocycles. The van der Waals surface area contributed by atoms with Crippen LogP contribution in [-0.2, 0) is 22.7 Å². The number of amides is 2. The van der Waals surface area contributed by atoms with Gasteiger partial charge in [0.15, 0.2) is 0 Å². The van der Waals surface area contributed by atoms with Gasteiger partial charge in [-0.1, -0.05) is 38.1 Å². The molecule has 3 N–H and O–H groups in total. The normalized spacial score (nSPS) is 13.8. The highest BCUT2D eigenvalue weighted by Gasteiger charge is 2.27. The van der Waals surface area contributed by atoms with E-state index in [0.29, 0.717) is 25.6 Å². The summed E-state index contributed by atoms with van der Waals surface area (Å²) in [6.45, 7) is 7.78. The van der Waals surface area contributed by atoms with Gasteiger partial charge in [0.05, 0.1) is 19.4 Å². The van der Waals surface area contributed by atoms with Crippen molar-refractivity contribution in [1.82, 2.24) is 15.1 Å². The van der Waals surface area contributed by atoms with E-state index in [1.807, 2.05) is 29.2 Å². The van der Waals surface area contributed by atoms with Crippen molar-refractivity contribution in [3.8, 4) is 5.75 Å². The molecule has 0 spiro atoms. The van der Waals surface area contributed by atoms with Gasteiger partial charge >= 0.3 is 18.0 Å². The highest BCUT2D eigenvalue weighted by atomic mass is 19.1. The SMILES string of the molecule is CC(C)COc1ccc(CNC(=O)N(Cc2ccc(F)cc2)C2CCN(C)CC2)cc1.O=C(O)CCC(=O)O. The maximum atomic E-state index is 13.3. The van der Waals surface area contributed by atoms with Crippen LogP contribution in [-0.4, -0.2) is 70.8 Å². The minimum absolute atomic E-state index is 0.0842. The number of aliphatic carboxylic acids is 2. The van der Waals surface area contributed by atoms with Crippen LogP contribution in [0.25, 0.3) is 0 Å². The molecule has 214 valence electrons. The van der Waals surface area contributed by atoms with Gasteiger partial charge in [-0.05, 0) is 74.3 Å². The highest BCUT2D eigenvalue weighted by Crippen LogP contribution is 2.19. The first-order chi connectivity index (χ1) is 18.5. The van der Waals surface area contributed by atoms with Crippen LogP contribution in [0.5, 0.6) is 5.75 Å². The Bertz CT molecular complexity index is 1020. The minimum Gasteiger partial charge on any atom is -0.493 e. The van der Waals surface area contributed by atoms with E-state index in [4.69, 9.17) is 14.9 Å². The van der Waals surface area contributed by atoms with E-state index in [1.54, 1.807) is 12.1 Å². The number of carbonyl (C=O) groups excluding carboxylic acids is 1. The van der Waals surface area contributed by atoms with Crippen LogP contribution < -0.4 is 10.1 Å². The Balaban J connectivity index is 0.000000580. The highest BCUT2D eigenvalue weighted by molar-refractivity contribution is 5.75. The Morgan fingerprint density at radius 2 is 1.51 bits per heavy atom. The minimum atomic E-state index is -1.08. The Kier molecular flexibility index (Phi) is 13.2. The average Bonchev–Trinajstić information content (AvgIpc) is 2.90. The maximum Gasteiger partial charge on any atom is 0.318 e. The second kappa shape index (κ2) is 16.3. The fourth-order valence-corrected chi connectivity index (χ4v) is 3.92. The largest absolute Gasteiger partial charge is 0.493 e. The molecule has 0 atom stereocenters. The summed E-state index contributed by atoms with van der Waals surface area (Å²) in [5.41, 5.74) is 1.96. The van der Waals surface area contributed by atoms with Gasteiger partial charge in [-0.15, -0.1) is 0 Å². The molecule has 0 radical (unpaired) electrons. The van der Waals surface area contributed by atoms with Crippen LogP contribution in [0.3, 0.4) is 0 Å². The zero-order chi connectivity index (χ0) is 28.8. The summed E-state index contributed by atoms with van der Waals surface area (Å²) in [6.07, 6.45) is 1.28. The van der Waals surface area contributed by atoms with E-state index in [-0.39, 0.29) is 30.7 Å². The number of piperidine rings is 1. The molecule has 39 heavy (non-hydrogen) atoms. The summed E-state index contributed by atoms with van der Waals surface area (Å²) in [5, 5.41) is 18.9. The predicted molar refractivity (Wildman–Crippen MR) is 146 cm³/mol. The van der Waals surface area contributed by atoms with E-state index in [0.717, 1.165) is 42.8 Å². The van der Waals surface area contributed by atoms with Crippen LogP contribution in [0.1, 0.15) is 50.7 Å². The molecule has 1 saturated heterocycles. The van der Waals surface area contributed by atoms with Crippen molar-refractivity contribution in [1.29, 1.82) is 0 Å². The number of ether oxygens (including phenoxy) is 1. The third-order valence-corrected chi connectivity index (χ3v) is 6.16. The molecular weight excluding hydrogens is 505 g/mol. The number of hydrogen-bond donors (Lipinski definition) is 3. The fourth-order valence-electron chi connectivity index (χ4n) is 3.92. The molecule has 0 bridgehead atoms. The average molecular weight is 546 g/mol. The summed E-state index contributed by atoms with van der Waals surface area (Å²) < 4.78 is 19.0. The van der Waals surface area contributed by atoms with Gasteiger partial charge in [0.1, 0.15) is 11.6 Å². The number of hydrogen-bond acceptors (Lipinski definition) is 5. The lowest BCUT2D eigenvalue weighted by molar-refractivity contribution is -0.143. The van der Waals surface area contributed by atoms with Crippen molar-refractivity contribution in [2.24, 2.45) is 5.92 Å². The lowest BCUT2D eigenvalue weighted by Crippen LogP contribution is -2.49. The zero-order valence-electron chi connectivity index (χ0n) is 22.9. The molecule has 2 aromatic rings. The van der Waals surface area contributed by atoms with Crippen molar-refractivity contribution in [3.63, 3.8) is 0 Å². The molecule has 3 rings (SSSR count). The van der Waals surface area contributed by atoms with E-state index in [2.05, 4.69) is 31.1 Å². The second-order valence-electron chi connectivity index (χ2n) is 10.1. The number of benzene rings is 2. The Morgan fingerprint density at radius 3 is 2.03 bits per heavy atom. The van der Waals surface area contributed by atoms with Crippen LogP contribution in [0.2, 0.25) is 0 Å². The number of halogens is 1. The van der Waals surface area contributed by atoms with E-state index >= 15 is 0 Å². The van der Waals surface area contributed by atoms with Crippen LogP contribution in [0, 0.1) is 11.7 Å². The third kappa shape index (κ3) is 12.6. The molecule has 9 nitrogen and oxygen atoms in total. The summed E-state index contributed by atoms with van der Waals surface area (Å²) in [6, 6.07) is 14.3. The second-order valence-corrected chi connectivity index (χ2v) is 10.1. The lowest BCUT2D eigenvalue weighted by Gasteiger charge is -2.37. The first-order valence-corrected chi connectivity index (χ1v) is 13.2. The lowest BCUT2D eigenvalue weighted by atomic mass is 10.0. The Morgan fingerprint density at radius 1 is 0.974 bits per heavy atom. The zero-order valence-corrected chi connectivity index (χ0v) is 22.9. The molecule has 0 aromatic heterocycles. The molecular formula is C29H40FN3O6. The summed E-state index contributed by atoms with van der Waals surface area (Å²) in [7, 11) is 2.11. The van der Waals surface area contributed by atoms with Crippen molar-refractivity contribution in [2.45, 2.75) is 58.7 Å². The van der Waals surface area contributed by atoms with Crippen molar-refractivity contribution in [3.05, 3.63) is 65.5 Å². The number of carbonyl (C=O) groups is 3. The Hall–Kier alpha value is -3.66. The molecule has 1 heterocycles. The number of carboxylic acids is 2. The van der Waals surface area contributed by atoms with Crippen molar-refractivity contribution < 1.29 is 33.7 Å². The molecule has 0 unspecified atom stereocenters. The van der Waals surface area contributed by atoms with Crippen LogP contribution in [0.15, 0.2) is 48.5 Å². The number of carboxylic acid groups (broad SMARTS) is 2. The van der Waals surface area contributed by atoms with Gasteiger partial charge in [-0.25, -0.2) is 9.18 Å². The first-order valence-electron chi connectivity index (χ1n) is 13.2. The third-order valence-electron chi connectivity index (χ3n) is 6.16. The smallest absolute Gasteiger partial charge is 0.318 e. The molecule has 10 heteroatoms. The van der Waals surface area contributed by atoms with Gasteiger partial charge in [-0.2, -0.15) is 0 Å². The van der Waals surface area contributed by atoms with Crippen molar-refractivity contribution >= 4 is 18.0 Å². The van der Waals surface area contributed by atoms with Gasteiger partial charge in [0.2, 0.25) is 0 Å². The van der Waals surface area contributed by atoms with E-state index in [9.17, 15) is 18.8 Å². The number of nitrogens with one attached hydrogen (secondary N) is 1. The van der Waals surface area contributed by atoms with Gasteiger partial charge in [-0.3, -0.25) is 9.59 Å². The summed E-state index contributed by atoms with van der Waals surface area (Å²) >= 11 is 0. The van der Waals surface area contributed by atoms with Crippen molar-refractivity contribution in [2.75, 3.05) is 26.7 Å². The first kappa shape index (κ1) is 31.6. The molecule has 2 aromatic carbocycles. The van der Waals surface area contributed by atoms with E-state index in [1.165, 1.54) is 12.1 Å². The number of rotatable bonds is 11. The number of nitrogens with zero attached hydrogens (tertiary/aromatic N) is 2. The van der Waals surface area contributed by atoms with Gasteiger partial charge in [0.25, 0.3) is 0 Å². The molecule has 0 aliphatic carbocycles. The summed E-state index contributed by atoms with van der Waals surface area (Å²) in [4.78, 5) is 36.6. The fraction of sp³-hybridized carbons (Fsp3) is 0.483. The quantitative estimate of drug-likeness (QED) is 0.377. The molecule has 1 aliphatic heterocycles. The Labute approximate surface area is 229 Å². The topological polar surface area (TPSA) is 119 Å². The van der Waals surface area contributed by atoms with Gasteiger partial charge in [0, 0.05) is 19.1 Å². The van der Waals surface area contributed by atoms with Crippen LogP contribution in [0.4, 0.5) is 9.18 Å². The molecule has 1 aliphatic rings. The monoisotopic (exact) mass is 545 g/mol. The van der Waals surface area contributed by atoms with E-state index < -0.39 is 11.9 Å². The standard InChI is InChI=1S/C25H34FN3O2.C4H6O4/c1-19(2)18-31-24-10-6-20(7-11-24)16-27-25(30)29(23-12-14-28(3)15-13-23)17-21-4-8-22(26)9-5-21;5-3(6)1-2-4(7)8/h4-11,19,23H,12-18H2,1-3H3,(H,27,30);1-2H2,(H,5,6)(H,7,8). The molecule has 1 fully saturated rings. The number of urea groups is 1. The molecule has 2 amide bonds. The predicted octanol–water partition coefficient (Wildman–Crippen LogP) is 4.60. The van der Waals surface area contributed by atoms with Crippen LogP contribution >= 0.6 is 0 Å². The number of likely N-dealkylation sites (tertiary alicyclic amines) is 1. The maximum absolute atomic E-state index is 13.3.